The number of sulfonamides is 1. The summed E-state index contributed by atoms with van der Waals surface area (Å²) in [5, 5.41) is 3.15. The maximum absolute atomic E-state index is 12.8. The fourth-order valence-corrected chi connectivity index (χ4v) is 5.62. The molecule has 0 saturated heterocycles. The van der Waals surface area contributed by atoms with Crippen molar-refractivity contribution in [2.24, 2.45) is 0 Å². The van der Waals surface area contributed by atoms with Gasteiger partial charge in [0.2, 0.25) is 0 Å². The molecule has 0 aliphatic carbocycles. The molecule has 0 radical (unpaired) electrons. The Morgan fingerprint density at radius 1 is 1.00 bits per heavy atom. The van der Waals surface area contributed by atoms with E-state index >= 15 is 0 Å². The van der Waals surface area contributed by atoms with Gasteiger partial charge in [-0.3, -0.25) is 4.79 Å². The minimum absolute atomic E-state index is 0.0865. The van der Waals surface area contributed by atoms with E-state index in [-0.39, 0.29) is 24.7 Å². The van der Waals surface area contributed by atoms with Crippen molar-refractivity contribution in [1.29, 1.82) is 0 Å². The quantitative estimate of drug-likeness (QED) is 0.368. The average molecular weight is 494 g/mol. The molecule has 2 heterocycles. The molecule has 0 spiro atoms. The van der Waals surface area contributed by atoms with E-state index in [4.69, 9.17) is 23.2 Å². The zero-order valence-corrected chi connectivity index (χ0v) is 18.6. The third-order valence-corrected chi connectivity index (χ3v) is 7.71. The van der Waals surface area contributed by atoms with E-state index < -0.39 is 16.1 Å². The first kappa shape index (κ1) is 21.4. The molecule has 0 aliphatic rings. The lowest BCUT2D eigenvalue weighted by Gasteiger charge is -2.10. The number of aromatic nitrogens is 1. The number of carbonyl (C=O) groups is 1. The fourth-order valence-electron chi connectivity index (χ4n) is 2.95. The summed E-state index contributed by atoms with van der Waals surface area (Å²) in [5.41, 5.74) is 1.62. The Balaban J connectivity index is 1.56. The first-order valence-corrected chi connectivity index (χ1v) is 11.8. The second-order valence-electron chi connectivity index (χ2n) is 6.39. The van der Waals surface area contributed by atoms with Gasteiger partial charge in [0.05, 0.1) is 9.36 Å². The Morgan fingerprint density at radius 2 is 1.77 bits per heavy atom. The van der Waals surface area contributed by atoms with Gasteiger partial charge in [-0.05, 0) is 36.4 Å². The third-order valence-electron chi connectivity index (χ3n) is 4.35. The zero-order chi connectivity index (χ0) is 22.2. The van der Waals surface area contributed by atoms with Crippen molar-refractivity contribution in [2.45, 2.75) is 4.21 Å². The number of H-pyrrole nitrogens is 1. The number of fused-ring (bicyclic) bond motifs is 1. The van der Waals surface area contributed by atoms with Gasteiger partial charge in [0.25, 0.3) is 10.0 Å². The minimum Gasteiger partial charge on any atom is -0.360 e. The number of aromatic amines is 1. The molecule has 0 bridgehead atoms. The standard InChI is InChI=1S/C20H13Cl2N3O4S2/c21-15-9-11(24-20(27)25-31(28,29)18-8-7-17(22)30-18)5-6-12(15)14-10-23-16-4-2-1-3-13(16)19(14)26/h1-10H,(H,23,26)(H2,24,25,27). The smallest absolute Gasteiger partial charge is 0.333 e. The number of hydrogen-bond donors (Lipinski definition) is 3. The number of para-hydroxylation sites is 1. The molecule has 0 saturated carbocycles. The van der Waals surface area contributed by atoms with Gasteiger partial charge in [-0.1, -0.05) is 41.4 Å². The number of anilines is 1. The predicted molar refractivity (Wildman–Crippen MR) is 124 cm³/mol. The molecule has 11 heteroatoms. The van der Waals surface area contributed by atoms with Crippen LogP contribution in [-0.4, -0.2) is 19.4 Å². The van der Waals surface area contributed by atoms with Gasteiger partial charge in [-0.2, -0.15) is 0 Å². The second-order valence-corrected chi connectivity index (χ2v) is 10.4. The number of hydrogen-bond acceptors (Lipinski definition) is 5. The summed E-state index contributed by atoms with van der Waals surface area (Å²) < 4.78 is 26.5. The normalized spacial score (nSPS) is 11.4. The highest BCUT2D eigenvalue weighted by atomic mass is 35.5. The Labute approximate surface area is 190 Å². The number of urea groups is 1. The Hall–Kier alpha value is -2.85. The second kappa shape index (κ2) is 8.35. The van der Waals surface area contributed by atoms with E-state index in [0.717, 1.165) is 11.3 Å². The van der Waals surface area contributed by atoms with Crippen LogP contribution in [0.3, 0.4) is 0 Å². The molecule has 2 aromatic heterocycles. The molecular formula is C20H13Cl2N3O4S2. The van der Waals surface area contributed by atoms with Crippen LogP contribution in [0.5, 0.6) is 0 Å². The van der Waals surface area contributed by atoms with Crippen LogP contribution < -0.4 is 15.5 Å². The van der Waals surface area contributed by atoms with Crippen LogP contribution in [0.2, 0.25) is 9.36 Å². The first-order valence-electron chi connectivity index (χ1n) is 8.74. The number of carbonyl (C=O) groups excluding carboxylic acids is 1. The van der Waals surface area contributed by atoms with E-state index in [9.17, 15) is 18.0 Å². The molecule has 158 valence electrons. The number of thiophene rings is 1. The molecule has 0 unspecified atom stereocenters. The van der Waals surface area contributed by atoms with Crippen molar-refractivity contribution in [3.8, 4) is 11.1 Å². The van der Waals surface area contributed by atoms with Gasteiger partial charge in [0, 0.05) is 33.9 Å². The van der Waals surface area contributed by atoms with Crippen molar-refractivity contribution in [1.82, 2.24) is 9.71 Å². The molecule has 4 aromatic rings. The van der Waals surface area contributed by atoms with Gasteiger partial charge >= 0.3 is 6.03 Å². The van der Waals surface area contributed by atoms with Gasteiger partial charge < -0.3 is 10.3 Å². The van der Waals surface area contributed by atoms with E-state index in [1.165, 1.54) is 24.3 Å². The highest BCUT2D eigenvalue weighted by Gasteiger charge is 2.20. The lowest BCUT2D eigenvalue weighted by Crippen LogP contribution is -2.33. The maximum atomic E-state index is 12.8. The number of benzene rings is 2. The molecule has 7 nitrogen and oxygen atoms in total. The van der Waals surface area contributed by atoms with Crippen LogP contribution in [0.15, 0.2) is 69.8 Å². The Morgan fingerprint density at radius 3 is 2.48 bits per heavy atom. The molecule has 2 aromatic carbocycles. The number of pyridine rings is 1. The van der Waals surface area contributed by atoms with Crippen LogP contribution in [0, 0.1) is 0 Å². The third kappa shape index (κ3) is 4.45. The number of halogens is 2. The topological polar surface area (TPSA) is 108 Å². The number of nitrogens with one attached hydrogen (secondary N) is 3. The van der Waals surface area contributed by atoms with Crippen LogP contribution in [0.1, 0.15) is 0 Å². The van der Waals surface area contributed by atoms with Gasteiger partial charge in [-0.25, -0.2) is 17.9 Å². The summed E-state index contributed by atoms with van der Waals surface area (Å²) in [5.74, 6) is 0. The zero-order valence-electron chi connectivity index (χ0n) is 15.5. The van der Waals surface area contributed by atoms with Crippen molar-refractivity contribution in [2.75, 3.05) is 5.32 Å². The fraction of sp³-hybridized carbons (Fsp3) is 0. The van der Waals surface area contributed by atoms with Crippen LogP contribution in [0.4, 0.5) is 10.5 Å². The summed E-state index contributed by atoms with van der Waals surface area (Å²) in [4.78, 5) is 28.0. The summed E-state index contributed by atoms with van der Waals surface area (Å²) in [6.07, 6.45) is 1.57. The molecule has 3 N–H and O–H groups in total. The molecule has 31 heavy (non-hydrogen) atoms. The van der Waals surface area contributed by atoms with E-state index in [2.05, 4.69) is 10.3 Å². The van der Waals surface area contributed by atoms with Crippen LogP contribution in [-0.2, 0) is 10.0 Å². The average Bonchev–Trinajstić information content (AvgIpc) is 3.16. The predicted octanol–water partition coefficient (Wildman–Crippen LogP) is 5.07. The van der Waals surface area contributed by atoms with E-state index in [1.54, 1.807) is 30.5 Å². The van der Waals surface area contributed by atoms with Gasteiger partial charge in [0.1, 0.15) is 4.21 Å². The number of rotatable bonds is 4. The highest BCUT2D eigenvalue weighted by molar-refractivity contribution is 7.92. The maximum Gasteiger partial charge on any atom is 0.333 e. The van der Waals surface area contributed by atoms with Crippen LogP contribution in [0.25, 0.3) is 22.0 Å². The molecule has 2 amide bonds. The first-order chi connectivity index (χ1) is 14.7. The summed E-state index contributed by atoms with van der Waals surface area (Å²) in [6, 6.07) is 13.4. The minimum atomic E-state index is -4.05. The molecule has 4 rings (SSSR count). The summed E-state index contributed by atoms with van der Waals surface area (Å²) in [7, 11) is -4.05. The van der Waals surface area contributed by atoms with Crippen molar-refractivity contribution in [3.63, 3.8) is 0 Å². The molecule has 0 atom stereocenters. The lowest BCUT2D eigenvalue weighted by molar-refractivity contribution is 0.256. The highest BCUT2D eigenvalue weighted by Crippen LogP contribution is 2.29. The Bertz CT molecular complexity index is 1480. The van der Waals surface area contributed by atoms with Crippen molar-refractivity contribution >= 4 is 67.2 Å². The Kier molecular flexibility index (Phi) is 5.76. The van der Waals surface area contributed by atoms with E-state index in [0.29, 0.717) is 22.0 Å². The molecular weight excluding hydrogens is 481 g/mol. The van der Waals surface area contributed by atoms with Crippen molar-refractivity contribution < 1.29 is 13.2 Å². The summed E-state index contributed by atoms with van der Waals surface area (Å²) >= 11 is 12.9. The molecule has 0 aliphatic heterocycles. The summed E-state index contributed by atoms with van der Waals surface area (Å²) in [6.45, 7) is 0. The number of amides is 2. The van der Waals surface area contributed by atoms with Gasteiger partial charge in [0.15, 0.2) is 5.43 Å². The van der Waals surface area contributed by atoms with E-state index in [1.807, 2.05) is 10.8 Å². The van der Waals surface area contributed by atoms with Gasteiger partial charge in [-0.15, -0.1) is 11.3 Å². The lowest BCUT2D eigenvalue weighted by atomic mass is 10.0. The monoisotopic (exact) mass is 493 g/mol. The molecule has 0 fully saturated rings. The van der Waals surface area contributed by atoms with Crippen molar-refractivity contribution in [3.05, 3.63) is 80.4 Å². The largest absolute Gasteiger partial charge is 0.360 e. The SMILES string of the molecule is O=C(Nc1ccc(-c2c[nH]c3ccccc3c2=O)c(Cl)c1)NS(=O)(=O)c1ccc(Cl)s1. The van der Waals surface area contributed by atoms with Crippen LogP contribution >= 0.6 is 34.5 Å².